The van der Waals surface area contributed by atoms with E-state index in [2.05, 4.69) is 5.32 Å². The zero-order valence-corrected chi connectivity index (χ0v) is 12.0. The molecule has 0 fully saturated rings. The van der Waals surface area contributed by atoms with Crippen LogP contribution in [-0.2, 0) is 19.1 Å². The lowest BCUT2D eigenvalue weighted by molar-refractivity contribution is -0.147. The predicted molar refractivity (Wildman–Crippen MR) is 75.3 cm³/mol. The maximum absolute atomic E-state index is 12.0. The van der Waals surface area contributed by atoms with E-state index in [0.717, 1.165) is 11.3 Å². The molecule has 2 rings (SSSR count). The van der Waals surface area contributed by atoms with Gasteiger partial charge in [0, 0.05) is 17.9 Å². The lowest BCUT2D eigenvalue weighted by Gasteiger charge is -2.07. The predicted octanol–water partition coefficient (Wildman–Crippen LogP) is 1.50. The van der Waals surface area contributed by atoms with Crippen LogP contribution < -0.4 is 5.32 Å². The lowest BCUT2D eigenvalue weighted by atomic mass is 9.99. The van der Waals surface area contributed by atoms with E-state index in [1.807, 2.05) is 0 Å². The Morgan fingerprint density at radius 1 is 1.29 bits per heavy atom. The normalized spacial score (nSPS) is 16.3. The minimum atomic E-state index is -0.573. The quantitative estimate of drug-likeness (QED) is 0.634. The lowest BCUT2D eigenvalue weighted by Crippen LogP contribution is -2.18. The number of ketones is 1. The molecule has 0 bridgehead atoms. The van der Waals surface area contributed by atoms with Gasteiger partial charge in [-0.25, -0.2) is 4.79 Å². The molecule has 1 amide bonds. The van der Waals surface area contributed by atoms with Crippen molar-refractivity contribution in [3.63, 3.8) is 0 Å². The summed E-state index contributed by atoms with van der Waals surface area (Å²) in [6.45, 7) is 3.45. The van der Waals surface area contributed by atoms with Crippen LogP contribution in [0.3, 0.4) is 0 Å². The van der Waals surface area contributed by atoms with Crippen molar-refractivity contribution in [2.75, 3.05) is 25.1 Å². The average Bonchev–Trinajstić information content (AvgIpc) is 2.77. The molecule has 0 unspecified atom stereocenters. The van der Waals surface area contributed by atoms with Gasteiger partial charge in [0.2, 0.25) is 5.91 Å². The molecule has 1 heterocycles. The van der Waals surface area contributed by atoms with Crippen LogP contribution in [0.15, 0.2) is 18.2 Å². The summed E-state index contributed by atoms with van der Waals surface area (Å²) in [5, 5.41) is 2.73. The number of hydrogen-bond donors (Lipinski definition) is 1. The highest BCUT2D eigenvalue weighted by atomic mass is 16.6. The minimum absolute atomic E-state index is 0.0854. The van der Waals surface area contributed by atoms with Crippen molar-refractivity contribution in [3.8, 4) is 0 Å². The molecule has 0 radical (unpaired) electrons. The molecule has 1 N–H and O–H groups in total. The molecule has 1 aliphatic heterocycles. The first-order chi connectivity index (χ1) is 10.0. The first-order valence-electron chi connectivity index (χ1n) is 6.74. The number of rotatable bonds is 6. The second-order valence-electron chi connectivity index (χ2n) is 4.73. The highest BCUT2D eigenvalue weighted by Gasteiger charge is 2.27. The van der Waals surface area contributed by atoms with E-state index in [4.69, 9.17) is 9.47 Å². The maximum atomic E-state index is 12.0. The monoisotopic (exact) mass is 291 g/mol. The van der Waals surface area contributed by atoms with Crippen molar-refractivity contribution in [2.45, 2.75) is 19.8 Å². The summed E-state index contributed by atoms with van der Waals surface area (Å²) in [4.78, 5) is 34.8. The molecule has 112 valence electrons. The Morgan fingerprint density at radius 2 is 2.05 bits per heavy atom. The summed E-state index contributed by atoms with van der Waals surface area (Å²) in [5.41, 5.74) is 1.92. The van der Waals surface area contributed by atoms with Crippen LogP contribution in [0.25, 0.3) is 0 Å². The molecule has 0 aliphatic carbocycles. The van der Waals surface area contributed by atoms with Crippen LogP contribution in [0.4, 0.5) is 5.69 Å². The Labute approximate surface area is 122 Å². The molecule has 0 aromatic heterocycles. The van der Waals surface area contributed by atoms with Crippen LogP contribution in [0.1, 0.15) is 35.7 Å². The molecule has 6 heteroatoms. The third kappa shape index (κ3) is 3.46. The number of amides is 1. The minimum Gasteiger partial charge on any atom is -0.456 e. The summed E-state index contributed by atoms with van der Waals surface area (Å²) in [5.74, 6) is -1.25. The second-order valence-corrected chi connectivity index (χ2v) is 4.73. The fourth-order valence-corrected chi connectivity index (χ4v) is 2.05. The van der Waals surface area contributed by atoms with E-state index in [1.165, 1.54) is 0 Å². The Bertz CT molecular complexity index is 581. The molecule has 1 atom stereocenters. The van der Waals surface area contributed by atoms with Crippen molar-refractivity contribution < 1.29 is 23.9 Å². The molecule has 0 spiro atoms. The largest absolute Gasteiger partial charge is 0.456 e. The van der Waals surface area contributed by atoms with Gasteiger partial charge in [-0.15, -0.1) is 0 Å². The number of carbonyl (C=O) groups excluding carboxylic acids is 3. The van der Waals surface area contributed by atoms with Gasteiger partial charge >= 0.3 is 5.97 Å². The van der Waals surface area contributed by atoms with Gasteiger partial charge in [-0.3, -0.25) is 9.59 Å². The summed E-state index contributed by atoms with van der Waals surface area (Å²) < 4.78 is 9.72. The fourth-order valence-electron chi connectivity index (χ4n) is 2.05. The zero-order chi connectivity index (χ0) is 15.4. The average molecular weight is 291 g/mol. The molecular formula is C15H17NO5. The first kappa shape index (κ1) is 15.2. The first-order valence-corrected chi connectivity index (χ1v) is 6.74. The molecule has 1 aromatic carbocycles. The highest BCUT2D eigenvalue weighted by Crippen LogP contribution is 2.32. The van der Waals surface area contributed by atoms with E-state index >= 15 is 0 Å². The summed E-state index contributed by atoms with van der Waals surface area (Å²) >= 11 is 0. The number of benzene rings is 1. The third-order valence-electron chi connectivity index (χ3n) is 3.28. The summed E-state index contributed by atoms with van der Waals surface area (Å²) in [6.07, 6.45) is 0. The highest BCUT2D eigenvalue weighted by molar-refractivity contribution is 6.05. The second kappa shape index (κ2) is 6.49. The number of hydrogen-bond acceptors (Lipinski definition) is 5. The zero-order valence-electron chi connectivity index (χ0n) is 12.0. The Balaban J connectivity index is 1.98. The Morgan fingerprint density at radius 3 is 2.76 bits per heavy atom. The van der Waals surface area contributed by atoms with Crippen LogP contribution in [0.5, 0.6) is 0 Å². The Hall–Kier alpha value is -2.21. The molecule has 1 aromatic rings. The standard InChI is InChI=1S/C15H17NO5/c1-3-20-8-14(18)21-7-13(17)10-4-5-12-11(6-10)9(2)15(19)16-12/h4-6,9H,3,7-8H2,1-2H3,(H,16,19)/t9-/m1/s1. The van der Waals surface area contributed by atoms with Crippen molar-refractivity contribution in [1.29, 1.82) is 0 Å². The molecule has 0 saturated carbocycles. The SMILES string of the molecule is CCOCC(=O)OCC(=O)c1ccc2c(c1)[C@@H](C)C(=O)N2. The van der Waals surface area contributed by atoms with Crippen molar-refractivity contribution in [2.24, 2.45) is 0 Å². The topological polar surface area (TPSA) is 81.7 Å². The van der Waals surface area contributed by atoms with Crippen molar-refractivity contribution in [3.05, 3.63) is 29.3 Å². The van der Waals surface area contributed by atoms with Gasteiger partial charge in [0.05, 0.1) is 5.92 Å². The van der Waals surface area contributed by atoms with Gasteiger partial charge in [-0.05, 0) is 37.6 Å². The number of fused-ring (bicyclic) bond motifs is 1. The van der Waals surface area contributed by atoms with Gasteiger partial charge in [-0.1, -0.05) is 0 Å². The number of nitrogens with one attached hydrogen (secondary N) is 1. The van der Waals surface area contributed by atoms with Crippen LogP contribution in [-0.4, -0.2) is 37.5 Å². The molecule has 6 nitrogen and oxygen atoms in total. The van der Waals surface area contributed by atoms with Gasteiger partial charge in [0.25, 0.3) is 0 Å². The smallest absolute Gasteiger partial charge is 0.332 e. The number of carbonyl (C=O) groups is 3. The molecule has 0 saturated heterocycles. The van der Waals surface area contributed by atoms with E-state index in [1.54, 1.807) is 32.0 Å². The van der Waals surface area contributed by atoms with Crippen LogP contribution in [0, 0.1) is 0 Å². The van der Waals surface area contributed by atoms with E-state index in [0.29, 0.717) is 12.2 Å². The van der Waals surface area contributed by atoms with Crippen molar-refractivity contribution >= 4 is 23.3 Å². The van der Waals surface area contributed by atoms with Gasteiger partial charge in [0.15, 0.2) is 12.4 Å². The molecule has 21 heavy (non-hydrogen) atoms. The third-order valence-corrected chi connectivity index (χ3v) is 3.28. The van der Waals surface area contributed by atoms with Crippen LogP contribution in [0.2, 0.25) is 0 Å². The Kier molecular flexibility index (Phi) is 4.70. The number of Topliss-reactive ketones (excluding diaryl/α,β-unsaturated/α-hetero) is 1. The maximum Gasteiger partial charge on any atom is 0.332 e. The van der Waals surface area contributed by atoms with Gasteiger partial charge < -0.3 is 14.8 Å². The van der Waals surface area contributed by atoms with Gasteiger partial charge in [0.1, 0.15) is 6.61 Å². The number of anilines is 1. The summed E-state index contributed by atoms with van der Waals surface area (Å²) in [6, 6.07) is 4.96. The number of esters is 1. The molecule has 1 aliphatic rings. The van der Waals surface area contributed by atoms with Crippen molar-refractivity contribution in [1.82, 2.24) is 0 Å². The fraction of sp³-hybridized carbons (Fsp3) is 0.400. The van der Waals surface area contributed by atoms with E-state index < -0.39 is 5.97 Å². The molecular weight excluding hydrogens is 274 g/mol. The van der Waals surface area contributed by atoms with Crippen LogP contribution >= 0.6 is 0 Å². The summed E-state index contributed by atoms with van der Waals surface area (Å²) in [7, 11) is 0. The van der Waals surface area contributed by atoms with E-state index in [9.17, 15) is 14.4 Å². The van der Waals surface area contributed by atoms with E-state index in [-0.39, 0.29) is 30.8 Å². The van der Waals surface area contributed by atoms with Gasteiger partial charge in [-0.2, -0.15) is 0 Å². The number of ether oxygens (including phenoxy) is 2.